The summed E-state index contributed by atoms with van der Waals surface area (Å²) in [6, 6.07) is 8.70. The van der Waals surface area contributed by atoms with Crippen molar-refractivity contribution in [2.24, 2.45) is 5.41 Å². The van der Waals surface area contributed by atoms with Gasteiger partial charge in [0.1, 0.15) is 0 Å². The quantitative estimate of drug-likeness (QED) is 0.528. The maximum atomic E-state index is 4.37. The van der Waals surface area contributed by atoms with Crippen molar-refractivity contribution in [2.45, 2.75) is 60.8 Å². The maximum absolute atomic E-state index is 4.37. The number of benzene rings is 1. The van der Waals surface area contributed by atoms with Gasteiger partial charge in [0.15, 0.2) is 0 Å². The molecule has 1 rings (SSSR count). The second-order valence-corrected chi connectivity index (χ2v) is 7.76. The average molecular weight is 296 g/mol. The van der Waals surface area contributed by atoms with Crippen LogP contribution in [-0.4, -0.2) is 0 Å². The van der Waals surface area contributed by atoms with Crippen LogP contribution in [0.25, 0.3) is 5.57 Å². The molecule has 0 aliphatic carbocycles. The second-order valence-electron chi connectivity index (χ2n) is 7.76. The Kier molecular flexibility index (Phi) is 5.62. The molecule has 0 nitrogen and oxygen atoms in total. The third-order valence-corrected chi connectivity index (χ3v) is 5.18. The van der Waals surface area contributed by atoms with Crippen LogP contribution in [0.4, 0.5) is 0 Å². The first-order valence-electron chi connectivity index (χ1n) is 8.12. The lowest BCUT2D eigenvalue weighted by Gasteiger charge is -2.41. The van der Waals surface area contributed by atoms with Crippen LogP contribution in [0, 0.1) is 5.41 Å². The fourth-order valence-electron chi connectivity index (χ4n) is 2.42. The zero-order valence-electron chi connectivity index (χ0n) is 15.7. The van der Waals surface area contributed by atoms with Crippen molar-refractivity contribution in [3.05, 3.63) is 65.3 Å². The van der Waals surface area contributed by atoms with E-state index in [4.69, 9.17) is 0 Å². The van der Waals surface area contributed by atoms with Crippen molar-refractivity contribution in [3.63, 3.8) is 0 Å². The fourth-order valence-corrected chi connectivity index (χ4v) is 2.42. The first-order chi connectivity index (χ1) is 10.0. The SMILES string of the molecule is C=C(/C(C)=C\C(C)=C/C)c1ccccc1C(C)(C)C(C)(C)C. The van der Waals surface area contributed by atoms with Gasteiger partial charge in [-0.05, 0) is 53.9 Å². The molecule has 1 aromatic rings. The summed E-state index contributed by atoms with van der Waals surface area (Å²) in [6.45, 7) is 22.3. The van der Waals surface area contributed by atoms with Gasteiger partial charge in [-0.15, -0.1) is 0 Å². The van der Waals surface area contributed by atoms with Gasteiger partial charge >= 0.3 is 0 Å². The molecule has 0 aromatic heterocycles. The van der Waals surface area contributed by atoms with Crippen molar-refractivity contribution in [1.29, 1.82) is 0 Å². The summed E-state index contributed by atoms with van der Waals surface area (Å²) >= 11 is 0. The van der Waals surface area contributed by atoms with E-state index < -0.39 is 0 Å². The summed E-state index contributed by atoms with van der Waals surface area (Å²) in [7, 11) is 0. The molecule has 0 unspecified atom stereocenters. The van der Waals surface area contributed by atoms with E-state index in [0.717, 1.165) is 5.57 Å². The Bertz CT molecular complexity index is 601. The van der Waals surface area contributed by atoms with E-state index in [1.165, 1.54) is 22.3 Å². The lowest BCUT2D eigenvalue weighted by Crippen LogP contribution is -2.34. The monoisotopic (exact) mass is 296 g/mol. The predicted molar refractivity (Wildman–Crippen MR) is 101 cm³/mol. The van der Waals surface area contributed by atoms with Gasteiger partial charge in [-0.1, -0.05) is 83.2 Å². The minimum absolute atomic E-state index is 0.0719. The van der Waals surface area contributed by atoms with Crippen LogP contribution in [0.5, 0.6) is 0 Å². The van der Waals surface area contributed by atoms with Gasteiger partial charge in [0.05, 0.1) is 0 Å². The number of allylic oxidation sites excluding steroid dienone is 5. The Morgan fingerprint density at radius 3 is 2.05 bits per heavy atom. The largest absolute Gasteiger partial charge is 0.0909 e. The minimum atomic E-state index is 0.0719. The molecule has 0 saturated carbocycles. The molecular weight excluding hydrogens is 264 g/mol. The highest BCUT2D eigenvalue weighted by atomic mass is 14.4. The third-order valence-electron chi connectivity index (χ3n) is 5.18. The van der Waals surface area contributed by atoms with Gasteiger partial charge in [-0.3, -0.25) is 0 Å². The van der Waals surface area contributed by atoms with Gasteiger partial charge in [-0.25, -0.2) is 0 Å². The van der Waals surface area contributed by atoms with E-state index in [9.17, 15) is 0 Å². The van der Waals surface area contributed by atoms with Crippen molar-refractivity contribution in [2.75, 3.05) is 0 Å². The average Bonchev–Trinajstić information content (AvgIpc) is 2.44. The van der Waals surface area contributed by atoms with Crippen molar-refractivity contribution in [3.8, 4) is 0 Å². The molecular formula is C22H32. The van der Waals surface area contributed by atoms with Gasteiger partial charge in [0.2, 0.25) is 0 Å². The van der Waals surface area contributed by atoms with Crippen LogP contribution < -0.4 is 0 Å². The Morgan fingerprint density at radius 2 is 1.55 bits per heavy atom. The highest BCUT2D eigenvalue weighted by Gasteiger charge is 2.36. The molecule has 0 radical (unpaired) electrons. The molecule has 0 N–H and O–H groups in total. The van der Waals surface area contributed by atoms with Gasteiger partial charge in [0.25, 0.3) is 0 Å². The lowest BCUT2D eigenvalue weighted by atomic mass is 9.63. The lowest BCUT2D eigenvalue weighted by molar-refractivity contribution is 0.225. The smallest absolute Gasteiger partial charge is 0.00489 e. The van der Waals surface area contributed by atoms with Crippen LogP contribution in [0.1, 0.15) is 66.5 Å². The highest BCUT2D eigenvalue weighted by Crippen LogP contribution is 2.44. The first kappa shape index (κ1) is 18.5. The minimum Gasteiger partial charge on any atom is -0.0909 e. The van der Waals surface area contributed by atoms with Crippen LogP contribution in [-0.2, 0) is 5.41 Å². The van der Waals surface area contributed by atoms with Crippen molar-refractivity contribution in [1.82, 2.24) is 0 Å². The summed E-state index contributed by atoms with van der Waals surface area (Å²) in [5.41, 5.74) is 6.51. The van der Waals surface area contributed by atoms with Crippen LogP contribution >= 0.6 is 0 Å². The van der Waals surface area contributed by atoms with Crippen molar-refractivity contribution < 1.29 is 0 Å². The van der Waals surface area contributed by atoms with Crippen LogP contribution in [0.15, 0.2) is 54.1 Å². The molecule has 0 spiro atoms. The highest BCUT2D eigenvalue weighted by molar-refractivity contribution is 5.79. The number of hydrogen-bond acceptors (Lipinski definition) is 0. The standard InChI is InChI=1S/C22H32/c1-10-16(2)15-17(3)18(4)19-13-11-12-14-20(19)22(8,9)21(5,6)7/h10-15H,4H2,1-3,5-9H3/b16-10-,17-15-. The number of hydrogen-bond donors (Lipinski definition) is 0. The summed E-state index contributed by atoms with van der Waals surface area (Å²) in [4.78, 5) is 0. The van der Waals surface area contributed by atoms with E-state index in [-0.39, 0.29) is 10.8 Å². The second kappa shape index (κ2) is 6.69. The summed E-state index contributed by atoms with van der Waals surface area (Å²) < 4.78 is 0. The topological polar surface area (TPSA) is 0 Å². The molecule has 0 bridgehead atoms. The molecule has 0 aliphatic rings. The van der Waals surface area contributed by atoms with Gasteiger partial charge in [-0.2, -0.15) is 0 Å². The molecule has 0 amide bonds. The van der Waals surface area contributed by atoms with Crippen molar-refractivity contribution >= 4 is 5.57 Å². The zero-order valence-corrected chi connectivity index (χ0v) is 15.7. The molecule has 0 aliphatic heterocycles. The Morgan fingerprint density at radius 1 is 1.00 bits per heavy atom. The maximum Gasteiger partial charge on any atom is -0.00489 e. The van der Waals surface area contributed by atoms with E-state index in [1.807, 2.05) is 0 Å². The van der Waals surface area contributed by atoms with Crippen LogP contribution in [0.2, 0.25) is 0 Å². The molecule has 1 aromatic carbocycles. The molecule has 0 heterocycles. The molecule has 0 fully saturated rings. The summed E-state index contributed by atoms with van der Waals surface area (Å²) in [6.07, 6.45) is 4.34. The summed E-state index contributed by atoms with van der Waals surface area (Å²) in [5, 5.41) is 0. The Balaban J connectivity index is 3.41. The molecule has 0 atom stereocenters. The number of rotatable bonds is 4. The van der Waals surface area contributed by atoms with E-state index in [1.54, 1.807) is 0 Å². The van der Waals surface area contributed by atoms with E-state index >= 15 is 0 Å². The molecule has 22 heavy (non-hydrogen) atoms. The summed E-state index contributed by atoms with van der Waals surface area (Å²) in [5.74, 6) is 0. The first-order valence-corrected chi connectivity index (χ1v) is 8.12. The molecule has 120 valence electrons. The molecule has 0 saturated heterocycles. The van der Waals surface area contributed by atoms with Gasteiger partial charge < -0.3 is 0 Å². The van der Waals surface area contributed by atoms with E-state index in [0.29, 0.717) is 0 Å². The Hall–Kier alpha value is -1.56. The third kappa shape index (κ3) is 3.80. The fraction of sp³-hybridized carbons (Fsp3) is 0.455. The van der Waals surface area contributed by atoms with Crippen LogP contribution in [0.3, 0.4) is 0 Å². The Labute approximate surface area is 137 Å². The normalized spacial score (nSPS) is 14.2. The van der Waals surface area contributed by atoms with Gasteiger partial charge in [0, 0.05) is 0 Å². The van der Waals surface area contributed by atoms with E-state index in [2.05, 4.69) is 98.4 Å². The predicted octanol–water partition coefficient (Wildman–Crippen LogP) is 6.94. The molecule has 0 heteroatoms. The zero-order chi connectivity index (χ0) is 17.1.